The summed E-state index contributed by atoms with van der Waals surface area (Å²) in [5, 5.41) is 3.27. The predicted molar refractivity (Wildman–Crippen MR) is 78.5 cm³/mol. The SMILES string of the molecule is CCCNC(CCC1CCCC1)c1ccc(F)c(F)c1F. The topological polar surface area (TPSA) is 12.0 Å². The van der Waals surface area contributed by atoms with Gasteiger partial charge in [-0.3, -0.25) is 0 Å². The Morgan fingerprint density at radius 3 is 2.52 bits per heavy atom. The Kier molecular flexibility index (Phi) is 6.09. The molecule has 1 nitrogen and oxygen atoms in total. The van der Waals surface area contributed by atoms with Crippen molar-refractivity contribution in [2.75, 3.05) is 6.54 Å². The summed E-state index contributed by atoms with van der Waals surface area (Å²) in [6.45, 7) is 2.77. The molecule has 1 N–H and O–H groups in total. The quantitative estimate of drug-likeness (QED) is 0.689. The molecule has 0 aliphatic heterocycles. The molecule has 0 heterocycles. The summed E-state index contributed by atoms with van der Waals surface area (Å²) in [6, 6.07) is 2.15. The molecule has 21 heavy (non-hydrogen) atoms. The first-order valence-electron chi connectivity index (χ1n) is 8.00. The number of hydrogen-bond donors (Lipinski definition) is 1. The van der Waals surface area contributed by atoms with Gasteiger partial charge in [0.1, 0.15) is 0 Å². The van der Waals surface area contributed by atoms with Crippen LogP contribution in [-0.4, -0.2) is 6.54 Å². The summed E-state index contributed by atoms with van der Waals surface area (Å²) >= 11 is 0. The van der Waals surface area contributed by atoms with Gasteiger partial charge in [-0.05, 0) is 37.8 Å². The maximum absolute atomic E-state index is 14.0. The maximum Gasteiger partial charge on any atom is 0.194 e. The standard InChI is InChI=1S/C17H24F3N/c1-2-11-21-15(10-7-12-5-3-4-6-12)13-8-9-14(18)17(20)16(13)19/h8-9,12,15,21H,2-7,10-11H2,1H3. The number of nitrogens with one attached hydrogen (secondary N) is 1. The molecule has 0 bridgehead atoms. The van der Waals surface area contributed by atoms with Crippen molar-refractivity contribution in [2.24, 2.45) is 5.92 Å². The second kappa shape index (κ2) is 7.83. The number of hydrogen-bond acceptors (Lipinski definition) is 1. The van der Waals surface area contributed by atoms with Gasteiger partial charge in [-0.2, -0.15) is 0 Å². The normalized spacial score (nSPS) is 17.3. The second-order valence-corrected chi connectivity index (χ2v) is 6.00. The highest BCUT2D eigenvalue weighted by Crippen LogP contribution is 2.32. The molecule has 118 valence electrons. The van der Waals surface area contributed by atoms with Gasteiger partial charge in [0.2, 0.25) is 0 Å². The third kappa shape index (κ3) is 4.22. The van der Waals surface area contributed by atoms with Crippen LogP contribution in [0.5, 0.6) is 0 Å². The molecule has 1 unspecified atom stereocenters. The Morgan fingerprint density at radius 1 is 1.14 bits per heavy atom. The molecule has 0 spiro atoms. The van der Waals surface area contributed by atoms with Crippen LogP contribution in [0, 0.1) is 23.4 Å². The molecule has 0 radical (unpaired) electrons. The minimum absolute atomic E-state index is 0.236. The van der Waals surface area contributed by atoms with E-state index in [1.165, 1.54) is 31.7 Å². The van der Waals surface area contributed by atoms with E-state index < -0.39 is 17.5 Å². The number of halogens is 3. The van der Waals surface area contributed by atoms with E-state index >= 15 is 0 Å². The molecule has 1 aliphatic rings. The molecular weight excluding hydrogens is 275 g/mol. The van der Waals surface area contributed by atoms with Crippen LogP contribution in [0.4, 0.5) is 13.2 Å². The van der Waals surface area contributed by atoms with Gasteiger partial charge in [0.15, 0.2) is 17.5 Å². The summed E-state index contributed by atoms with van der Waals surface area (Å²) < 4.78 is 40.5. The predicted octanol–water partition coefficient (Wildman–Crippen LogP) is 5.12. The van der Waals surface area contributed by atoms with Gasteiger partial charge in [-0.15, -0.1) is 0 Å². The molecule has 1 fully saturated rings. The van der Waals surface area contributed by atoms with Gasteiger partial charge in [0, 0.05) is 11.6 Å². The van der Waals surface area contributed by atoms with Crippen LogP contribution in [0.15, 0.2) is 12.1 Å². The van der Waals surface area contributed by atoms with Crippen LogP contribution in [0.25, 0.3) is 0 Å². The average molecular weight is 299 g/mol. The third-order valence-corrected chi connectivity index (χ3v) is 4.42. The Balaban J connectivity index is 2.08. The Morgan fingerprint density at radius 2 is 1.86 bits per heavy atom. The zero-order valence-electron chi connectivity index (χ0n) is 12.6. The minimum atomic E-state index is -1.36. The van der Waals surface area contributed by atoms with E-state index in [1.807, 2.05) is 6.92 Å². The lowest BCUT2D eigenvalue weighted by Gasteiger charge is -2.21. The van der Waals surface area contributed by atoms with Gasteiger partial charge in [0.05, 0.1) is 0 Å². The molecule has 1 atom stereocenters. The summed E-state index contributed by atoms with van der Waals surface area (Å²) in [5.74, 6) is -2.84. The van der Waals surface area contributed by atoms with Gasteiger partial charge in [-0.25, -0.2) is 13.2 Å². The van der Waals surface area contributed by atoms with Crippen molar-refractivity contribution in [1.82, 2.24) is 5.32 Å². The molecule has 1 aromatic carbocycles. The largest absolute Gasteiger partial charge is 0.310 e. The highest BCUT2D eigenvalue weighted by Gasteiger charge is 2.22. The van der Waals surface area contributed by atoms with Crippen LogP contribution in [0.3, 0.4) is 0 Å². The number of rotatable bonds is 7. The number of benzene rings is 1. The third-order valence-electron chi connectivity index (χ3n) is 4.42. The van der Waals surface area contributed by atoms with Gasteiger partial charge in [0.25, 0.3) is 0 Å². The first-order chi connectivity index (χ1) is 10.1. The second-order valence-electron chi connectivity index (χ2n) is 6.00. The molecule has 0 saturated heterocycles. The first-order valence-corrected chi connectivity index (χ1v) is 8.00. The lowest BCUT2D eigenvalue weighted by molar-refractivity contribution is 0.387. The lowest BCUT2D eigenvalue weighted by atomic mass is 9.94. The van der Waals surface area contributed by atoms with E-state index in [2.05, 4.69) is 5.32 Å². The molecular formula is C17H24F3N. The summed E-state index contributed by atoms with van der Waals surface area (Å²) in [7, 11) is 0. The van der Waals surface area contributed by atoms with Crippen LogP contribution in [0.2, 0.25) is 0 Å². The van der Waals surface area contributed by atoms with Gasteiger partial charge in [-0.1, -0.05) is 38.7 Å². The average Bonchev–Trinajstić information content (AvgIpc) is 2.99. The summed E-state index contributed by atoms with van der Waals surface area (Å²) in [4.78, 5) is 0. The van der Waals surface area contributed by atoms with Crippen molar-refractivity contribution in [2.45, 2.75) is 57.9 Å². The van der Waals surface area contributed by atoms with Gasteiger partial charge < -0.3 is 5.32 Å². The van der Waals surface area contributed by atoms with Crippen molar-refractivity contribution in [3.8, 4) is 0 Å². The van der Waals surface area contributed by atoms with Crippen molar-refractivity contribution in [1.29, 1.82) is 0 Å². The van der Waals surface area contributed by atoms with E-state index in [1.54, 1.807) is 0 Å². The van der Waals surface area contributed by atoms with Crippen molar-refractivity contribution in [3.63, 3.8) is 0 Å². The van der Waals surface area contributed by atoms with Crippen molar-refractivity contribution in [3.05, 3.63) is 35.1 Å². The van der Waals surface area contributed by atoms with E-state index in [0.717, 1.165) is 31.9 Å². The van der Waals surface area contributed by atoms with E-state index in [0.29, 0.717) is 5.92 Å². The van der Waals surface area contributed by atoms with Crippen molar-refractivity contribution < 1.29 is 13.2 Å². The zero-order valence-corrected chi connectivity index (χ0v) is 12.6. The smallest absolute Gasteiger partial charge is 0.194 e. The highest BCUT2D eigenvalue weighted by molar-refractivity contribution is 5.23. The van der Waals surface area contributed by atoms with E-state index in [-0.39, 0.29) is 11.6 Å². The fourth-order valence-corrected chi connectivity index (χ4v) is 3.20. The Labute approximate surface area is 124 Å². The monoisotopic (exact) mass is 299 g/mol. The summed E-state index contributed by atoms with van der Waals surface area (Å²) in [6.07, 6.45) is 7.73. The van der Waals surface area contributed by atoms with E-state index in [9.17, 15) is 13.2 Å². The minimum Gasteiger partial charge on any atom is -0.310 e. The molecule has 0 aromatic heterocycles. The molecule has 0 amide bonds. The van der Waals surface area contributed by atoms with Crippen LogP contribution in [0.1, 0.15) is 63.5 Å². The fraction of sp³-hybridized carbons (Fsp3) is 0.647. The maximum atomic E-state index is 14.0. The van der Waals surface area contributed by atoms with Gasteiger partial charge >= 0.3 is 0 Å². The van der Waals surface area contributed by atoms with Crippen LogP contribution in [-0.2, 0) is 0 Å². The van der Waals surface area contributed by atoms with E-state index in [4.69, 9.17) is 0 Å². The molecule has 1 saturated carbocycles. The Bertz CT molecular complexity index is 456. The molecule has 4 heteroatoms. The molecule has 2 rings (SSSR count). The lowest BCUT2D eigenvalue weighted by Crippen LogP contribution is -2.24. The van der Waals surface area contributed by atoms with Crippen molar-refractivity contribution >= 4 is 0 Å². The first kappa shape index (κ1) is 16.3. The molecule has 1 aliphatic carbocycles. The fourth-order valence-electron chi connectivity index (χ4n) is 3.20. The van der Waals surface area contributed by atoms with Crippen LogP contribution < -0.4 is 5.32 Å². The van der Waals surface area contributed by atoms with Crippen LogP contribution >= 0.6 is 0 Å². The summed E-state index contributed by atoms with van der Waals surface area (Å²) in [5.41, 5.74) is 0.250. The Hall–Kier alpha value is -1.03. The highest BCUT2D eigenvalue weighted by atomic mass is 19.2. The zero-order chi connectivity index (χ0) is 15.2. The molecule has 1 aromatic rings.